The molecule has 3 fully saturated rings. The van der Waals surface area contributed by atoms with Gasteiger partial charge in [0.25, 0.3) is 0 Å². The summed E-state index contributed by atoms with van der Waals surface area (Å²) in [6.45, 7) is 8.40. The second kappa shape index (κ2) is 5.28. The van der Waals surface area contributed by atoms with Crippen molar-refractivity contribution in [1.82, 2.24) is 10.1 Å². The van der Waals surface area contributed by atoms with E-state index in [9.17, 15) is 0 Å². The molecular formula is C16H24N2O2S. The van der Waals surface area contributed by atoms with Gasteiger partial charge in [0.15, 0.2) is 0 Å². The monoisotopic (exact) mass is 308 g/mol. The Morgan fingerprint density at radius 2 is 2.19 bits per heavy atom. The van der Waals surface area contributed by atoms with Gasteiger partial charge in [-0.25, -0.2) is 0 Å². The van der Waals surface area contributed by atoms with Gasteiger partial charge < -0.3 is 9.26 Å². The Hall–Kier alpha value is -0.520. The second-order valence-corrected chi connectivity index (χ2v) is 8.53. The third kappa shape index (κ3) is 2.88. The molecule has 0 bridgehead atoms. The molecule has 1 aromatic heterocycles. The maximum Gasteiger partial charge on any atom is 0.138 e. The number of hydrogen-bond donors (Lipinski definition) is 0. The van der Waals surface area contributed by atoms with Gasteiger partial charge in [-0.15, -0.1) is 11.8 Å². The molecule has 1 aliphatic carbocycles. The largest absolute Gasteiger partial charge is 0.377 e. The van der Waals surface area contributed by atoms with Crippen LogP contribution in [0.4, 0.5) is 0 Å². The highest BCUT2D eigenvalue weighted by atomic mass is 32.2. The minimum atomic E-state index is 0.465. The first kappa shape index (κ1) is 14.1. The van der Waals surface area contributed by atoms with E-state index in [1.54, 1.807) is 0 Å². The van der Waals surface area contributed by atoms with E-state index in [0.717, 1.165) is 30.5 Å². The number of aromatic nitrogens is 1. The lowest BCUT2D eigenvalue weighted by molar-refractivity contribution is 0.0304. The summed E-state index contributed by atoms with van der Waals surface area (Å²) in [7, 11) is 0. The van der Waals surface area contributed by atoms with Gasteiger partial charge in [0.1, 0.15) is 5.76 Å². The lowest BCUT2D eigenvalue weighted by atomic mass is 9.92. The zero-order valence-corrected chi connectivity index (χ0v) is 13.7. The van der Waals surface area contributed by atoms with Gasteiger partial charge in [0.2, 0.25) is 0 Å². The van der Waals surface area contributed by atoms with Crippen LogP contribution in [0.25, 0.3) is 0 Å². The summed E-state index contributed by atoms with van der Waals surface area (Å²) in [4.78, 5) is 2.52. The number of ether oxygens (including phenoxy) is 1. The highest BCUT2D eigenvalue weighted by Crippen LogP contribution is 2.47. The fourth-order valence-corrected chi connectivity index (χ4v) is 5.12. The first-order chi connectivity index (χ1) is 10.1. The summed E-state index contributed by atoms with van der Waals surface area (Å²) < 4.78 is 11.8. The molecule has 1 saturated carbocycles. The van der Waals surface area contributed by atoms with Crippen molar-refractivity contribution in [1.29, 1.82) is 0 Å². The third-order valence-corrected chi connectivity index (χ3v) is 6.60. The summed E-state index contributed by atoms with van der Waals surface area (Å²) in [5.41, 5.74) is 2.31. The Morgan fingerprint density at radius 3 is 2.86 bits per heavy atom. The van der Waals surface area contributed by atoms with Crippen molar-refractivity contribution in [2.24, 2.45) is 5.92 Å². The average Bonchev–Trinajstić information content (AvgIpc) is 3.09. The number of nitrogens with zero attached hydrogens (tertiary/aromatic N) is 2. The van der Waals surface area contributed by atoms with E-state index in [1.807, 2.05) is 13.8 Å². The summed E-state index contributed by atoms with van der Waals surface area (Å²) in [6.07, 6.45) is 4.51. The fourth-order valence-electron chi connectivity index (χ4n) is 3.52. The van der Waals surface area contributed by atoms with Crippen molar-refractivity contribution in [2.45, 2.75) is 50.5 Å². The number of thioether (sulfide) groups is 1. The molecule has 0 N–H and O–H groups in total. The molecule has 4 rings (SSSR count). The molecule has 3 aliphatic rings. The van der Waals surface area contributed by atoms with Crippen LogP contribution in [0.3, 0.4) is 0 Å². The molecule has 1 aromatic rings. The Morgan fingerprint density at radius 1 is 1.38 bits per heavy atom. The van der Waals surface area contributed by atoms with Crippen LogP contribution in [0.1, 0.15) is 36.3 Å². The summed E-state index contributed by atoms with van der Waals surface area (Å²) >= 11 is 2.13. The predicted octanol–water partition coefficient (Wildman–Crippen LogP) is 2.78. The number of likely N-dealkylation sites (tertiary alicyclic amines) is 1. The van der Waals surface area contributed by atoms with Crippen molar-refractivity contribution in [2.75, 3.05) is 25.4 Å². The normalized spacial score (nSPS) is 28.2. The lowest BCUT2D eigenvalue weighted by Gasteiger charge is -2.47. The van der Waals surface area contributed by atoms with Crippen molar-refractivity contribution in [3.05, 3.63) is 17.0 Å². The van der Waals surface area contributed by atoms with Gasteiger partial charge in [-0.2, -0.15) is 0 Å². The molecule has 0 aromatic carbocycles. The number of aryl methyl sites for hydroxylation is 2. The van der Waals surface area contributed by atoms with Crippen molar-refractivity contribution >= 4 is 11.8 Å². The van der Waals surface area contributed by atoms with Crippen molar-refractivity contribution in [3.63, 3.8) is 0 Å². The first-order valence-corrected chi connectivity index (χ1v) is 9.02. The van der Waals surface area contributed by atoms with Crippen LogP contribution < -0.4 is 0 Å². The van der Waals surface area contributed by atoms with E-state index in [4.69, 9.17) is 9.26 Å². The van der Waals surface area contributed by atoms with Gasteiger partial charge in [-0.3, -0.25) is 4.90 Å². The molecule has 3 heterocycles. The molecule has 116 valence electrons. The molecule has 0 amide bonds. The molecule has 21 heavy (non-hydrogen) atoms. The number of hydrogen-bond acceptors (Lipinski definition) is 5. The van der Waals surface area contributed by atoms with Crippen LogP contribution in [0.15, 0.2) is 4.52 Å². The minimum Gasteiger partial charge on any atom is -0.377 e. The summed E-state index contributed by atoms with van der Waals surface area (Å²) in [5.74, 6) is 3.04. The van der Waals surface area contributed by atoms with Crippen LogP contribution in [0.2, 0.25) is 0 Å². The average molecular weight is 308 g/mol. The molecule has 1 atom stereocenters. The maximum absolute atomic E-state index is 6.07. The van der Waals surface area contributed by atoms with E-state index >= 15 is 0 Å². The molecular weight excluding hydrogens is 284 g/mol. The second-order valence-electron chi connectivity index (χ2n) is 7.04. The Bertz CT molecular complexity index is 501. The fraction of sp³-hybridized carbons (Fsp3) is 0.812. The van der Waals surface area contributed by atoms with Gasteiger partial charge >= 0.3 is 0 Å². The Balaban J connectivity index is 1.27. The van der Waals surface area contributed by atoms with Gasteiger partial charge in [-0.05, 0) is 39.0 Å². The number of rotatable bonds is 5. The molecule has 5 heteroatoms. The first-order valence-electron chi connectivity index (χ1n) is 8.03. The van der Waals surface area contributed by atoms with Crippen LogP contribution in [-0.2, 0) is 11.3 Å². The van der Waals surface area contributed by atoms with E-state index in [0.29, 0.717) is 10.9 Å². The Labute approximate surface area is 130 Å². The van der Waals surface area contributed by atoms with Gasteiger partial charge in [-0.1, -0.05) is 5.16 Å². The standard InChI is InChI=1S/C16H24N2O2S/c1-11-15(12(2)20-17-11)6-18-9-16(10-18)5-14(8-21-16)19-7-13-3-4-13/h13-14H,3-10H2,1-2H3/t14-/m1/s1. The Kier molecular flexibility index (Phi) is 3.55. The minimum absolute atomic E-state index is 0.465. The van der Waals surface area contributed by atoms with Crippen LogP contribution in [0, 0.1) is 19.8 Å². The SMILES string of the molecule is Cc1noc(C)c1CN1CC2(C[C@@H](OCC3CC3)CS2)C1. The van der Waals surface area contributed by atoms with Gasteiger partial charge in [0.05, 0.1) is 11.8 Å². The van der Waals surface area contributed by atoms with Crippen molar-refractivity contribution in [3.8, 4) is 0 Å². The lowest BCUT2D eigenvalue weighted by Crippen LogP contribution is -2.58. The zero-order chi connectivity index (χ0) is 14.4. The molecule has 0 unspecified atom stereocenters. The zero-order valence-electron chi connectivity index (χ0n) is 12.9. The van der Waals surface area contributed by atoms with Gasteiger partial charge in [0, 0.05) is 42.3 Å². The van der Waals surface area contributed by atoms with E-state index in [1.165, 1.54) is 43.7 Å². The summed E-state index contributed by atoms with van der Waals surface area (Å²) in [6, 6.07) is 0. The van der Waals surface area contributed by atoms with E-state index in [2.05, 4.69) is 21.8 Å². The highest BCUT2D eigenvalue weighted by molar-refractivity contribution is 8.01. The molecule has 0 radical (unpaired) electrons. The third-order valence-electron chi connectivity index (χ3n) is 5.03. The van der Waals surface area contributed by atoms with Crippen LogP contribution in [-0.4, -0.2) is 46.4 Å². The quantitative estimate of drug-likeness (QED) is 0.836. The topological polar surface area (TPSA) is 38.5 Å². The van der Waals surface area contributed by atoms with Crippen molar-refractivity contribution < 1.29 is 9.26 Å². The van der Waals surface area contributed by atoms with E-state index in [-0.39, 0.29) is 0 Å². The molecule has 2 saturated heterocycles. The molecule has 2 aliphatic heterocycles. The smallest absolute Gasteiger partial charge is 0.138 e. The summed E-state index contributed by atoms with van der Waals surface area (Å²) in [5, 5.41) is 4.05. The van der Waals surface area contributed by atoms with Crippen LogP contribution >= 0.6 is 11.8 Å². The molecule has 4 nitrogen and oxygen atoms in total. The maximum atomic E-state index is 6.07. The van der Waals surface area contributed by atoms with Crippen LogP contribution in [0.5, 0.6) is 0 Å². The van der Waals surface area contributed by atoms with E-state index < -0.39 is 0 Å². The molecule has 1 spiro atoms. The predicted molar refractivity (Wildman–Crippen MR) is 83.5 cm³/mol. The highest BCUT2D eigenvalue weighted by Gasteiger charge is 2.49.